The van der Waals surface area contributed by atoms with Crippen molar-refractivity contribution in [1.82, 2.24) is 0 Å². The molecule has 0 saturated heterocycles. The van der Waals surface area contributed by atoms with Gasteiger partial charge in [0.15, 0.2) is 0 Å². The number of carbonyl (C=O) groups excluding carboxylic acids is 2. The predicted molar refractivity (Wildman–Crippen MR) is 71.0 cm³/mol. The molecular weight excluding hydrogens is 249 g/mol. The Morgan fingerprint density at radius 1 is 1.42 bits per heavy atom. The van der Waals surface area contributed by atoms with Crippen LogP contribution in [0.2, 0.25) is 0 Å². The van der Waals surface area contributed by atoms with Crippen LogP contribution in [0.4, 0.5) is 10.1 Å². The first-order chi connectivity index (χ1) is 8.84. The van der Waals surface area contributed by atoms with E-state index in [4.69, 9.17) is 11.5 Å². The second-order valence-corrected chi connectivity index (χ2v) is 4.63. The van der Waals surface area contributed by atoms with E-state index < -0.39 is 17.1 Å². The lowest BCUT2D eigenvalue weighted by Gasteiger charge is -2.25. The molecule has 1 aromatic rings. The van der Waals surface area contributed by atoms with E-state index in [0.29, 0.717) is 12.1 Å². The lowest BCUT2D eigenvalue weighted by Crippen LogP contribution is -2.39. The molecule has 2 amide bonds. The zero-order valence-corrected chi connectivity index (χ0v) is 11.0. The zero-order chi connectivity index (χ0) is 14.6. The Bertz CT molecular complexity index is 499. The molecule has 1 atom stereocenters. The molecule has 1 unspecified atom stereocenters. The van der Waals surface area contributed by atoms with Crippen LogP contribution in [0.3, 0.4) is 0 Å². The average Bonchev–Trinajstić information content (AvgIpc) is 2.39. The number of rotatable bonds is 5. The SMILES string of the molecule is CCC(C)(CN)C(=O)Nc1ccc(F)c(C(N)=O)c1. The molecular formula is C13H18FN3O2. The maximum atomic E-state index is 13.3. The maximum absolute atomic E-state index is 13.3. The van der Waals surface area contributed by atoms with Crippen LogP contribution in [-0.2, 0) is 4.79 Å². The average molecular weight is 267 g/mol. The fourth-order valence-electron chi connectivity index (χ4n) is 1.47. The fourth-order valence-corrected chi connectivity index (χ4v) is 1.47. The van der Waals surface area contributed by atoms with E-state index in [-0.39, 0.29) is 18.0 Å². The van der Waals surface area contributed by atoms with Crippen molar-refractivity contribution in [1.29, 1.82) is 0 Å². The molecule has 0 bridgehead atoms. The highest BCUT2D eigenvalue weighted by atomic mass is 19.1. The molecule has 0 aliphatic heterocycles. The number of benzene rings is 1. The number of nitrogens with one attached hydrogen (secondary N) is 1. The van der Waals surface area contributed by atoms with E-state index in [2.05, 4.69) is 5.32 Å². The van der Waals surface area contributed by atoms with Crippen LogP contribution in [0.1, 0.15) is 30.6 Å². The third-order valence-electron chi connectivity index (χ3n) is 3.27. The van der Waals surface area contributed by atoms with Gasteiger partial charge in [0.2, 0.25) is 5.91 Å². The second kappa shape index (κ2) is 5.79. The molecule has 0 aromatic heterocycles. The number of primary amides is 1. The lowest BCUT2D eigenvalue weighted by molar-refractivity contribution is -0.124. The maximum Gasteiger partial charge on any atom is 0.251 e. The summed E-state index contributed by atoms with van der Waals surface area (Å²) in [6, 6.07) is 3.66. The Hall–Kier alpha value is -1.95. The van der Waals surface area contributed by atoms with Crippen molar-refractivity contribution in [3.63, 3.8) is 0 Å². The normalized spacial score (nSPS) is 13.7. The van der Waals surface area contributed by atoms with Crippen LogP contribution in [0.5, 0.6) is 0 Å². The smallest absolute Gasteiger partial charge is 0.251 e. The summed E-state index contributed by atoms with van der Waals surface area (Å²) in [5.74, 6) is -1.88. The molecule has 0 saturated carbocycles. The van der Waals surface area contributed by atoms with E-state index in [0.717, 1.165) is 6.07 Å². The van der Waals surface area contributed by atoms with Gasteiger partial charge in [-0.25, -0.2) is 4.39 Å². The molecule has 0 aliphatic rings. The quantitative estimate of drug-likeness (QED) is 0.748. The van der Waals surface area contributed by atoms with E-state index in [9.17, 15) is 14.0 Å². The molecule has 0 aliphatic carbocycles. The number of nitrogens with two attached hydrogens (primary N) is 2. The van der Waals surface area contributed by atoms with Gasteiger partial charge in [-0.3, -0.25) is 9.59 Å². The number of amides is 2. The van der Waals surface area contributed by atoms with Gasteiger partial charge in [0.25, 0.3) is 5.91 Å². The largest absolute Gasteiger partial charge is 0.366 e. The van der Waals surface area contributed by atoms with Gasteiger partial charge in [-0.2, -0.15) is 0 Å². The highest BCUT2D eigenvalue weighted by Gasteiger charge is 2.29. The lowest BCUT2D eigenvalue weighted by atomic mass is 9.86. The topological polar surface area (TPSA) is 98.2 Å². The molecule has 5 nitrogen and oxygen atoms in total. The summed E-state index contributed by atoms with van der Waals surface area (Å²) in [6.07, 6.45) is 0.569. The summed E-state index contributed by atoms with van der Waals surface area (Å²) in [5, 5.41) is 2.61. The summed E-state index contributed by atoms with van der Waals surface area (Å²) >= 11 is 0. The van der Waals surface area contributed by atoms with Crippen LogP contribution in [-0.4, -0.2) is 18.4 Å². The van der Waals surface area contributed by atoms with Crippen molar-refractivity contribution < 1.29 is 14.0 Å². The number of carbonyl (C=O) groups is 2. The van der Waals surface area contributed by atoms with Gasteiger partial charge in [0, 0.05) is 12.2 Å². The third-order valence-corrected chi connectivity index (χ3v) is 3.27. The fraction of sp³-hybridized carbons (Fsp3) is 0.385. The minimum atomic E-state index is -0.884. The molecule has 5 N–H and O–H groups in total. The van der Waals surface area contributed by atoms with Crippen molar-refractivity contribution in [3.8, 4) is 0 Å². The van der Waals surface area contributed by atoms with Crippen molar-refractivity contribution in [3.05, 3.63) is 29.6 Å². The van der Waals surface area contributed by atoms with Gasteiger partial charge < -0.3 is 16.8 Å². The Morgan fingerprint density at radius 3 is 2.53 bits per heavy atom. The molecule has 1 aromatic carbocycles. The monoisotopic (exact) mass is 267 g/mol. The molecule has 1 rings (SSSR count). The van der Waals surface area contributed by atoms with Gasteiger partial charge in [-0.15, -0.1) is 0 Å². The molecule has 104 valence electrons. The summed E-state index contributed by atoms with van der Waals surface area (Å²) in [6.45, 7) is 3.78. The number of hydrogen-bond donors (Lipinski definition) is 3. The number of anilines is 1. The molecule has 0 heterocycles. The molecule has 19 heavy (non-hydrogen) atoms. The van der Waals surface area contributed by atoms with Gasteiger partial charge in [-0.1, -0.05) is 6.92 Å². The standard InChI is InChI=1S/C13H18FN3O2/c1-3-13(2,7-15)12(19)17-8-4-5-10(14)9(6-8)11(16)18/h4-6H,3,7,15H2,1-2H3,(H2,16,18)(H,17,19). The van der Waals surface area contributed by atoms with Crippen molar-refractivity contribution in [2.24, 2.45) is 16.9 Å². The van der Waals surface area contributed by atoms with Crippen LogP contribution in [0, 0.1) is 11.2 Å². The summed E-state index contributed by atoms with van der Waals surface area (Å²) in [4.78, 5) is 23.1. The van der Waals surface area contributed by atoms with Gasteiger partial charge >= 0.3 is 0 Å². The van der Waals surface area contributed by atoms with Crippen molar-refractivity contribution >= 4 is 17.5 Å². The Labute approximate surface area is 111 Å². The van der Waals surface area contributed by atoms with Crippen molar-refractivity contribution in [2.45, 2.75) is 20.3 Å². The summed E-state index contributed by atoms with van der Waals surface area (Å²) < 4.78 is 13.3. The molecule has 0 fully saturated rings. The van der Waals surface area contributed by atoms with Gasteiger partial charge in [0.1, 0.15) is 5.82 Å². The van der Waals surface area contributed by atoms with Crippen LogP contribution >= 0.6 is 0 Å². The van der Waals surface area contributed by atoms with Crippen LogP contribution < -0.4 is 16.8 Å². The zero-order valence-electron chi connectivity index (χ0n) is 11.0. The Morgan fingerprint density at radius 2 is 2.05 bits per heavy atom. The van der Waals surface area contributed by atoms with E-state index in [1.807, 2.05) is 6.92 Å². The first kappa shape index (κ1) is 15.1. The minimum absolute atomic E-state index is 0.194. The number of halogens is 1. The predicted octanol–water partition coefficient (Wildman–Crippen LogP) is 1.24. The van der Waals surface area contributed by atoms with Gasteiger partial charge in [0.05, 0.1) is 11.0 Å². The highest BCUT2D eigenvalue weighted by Crippen LogP contribution is 2.23. The first-order valence-corrected chi connectivity index (χ1v) is 5.95. The Kier molecular flexibility index (Phi) is 4.61. The second-order valence-electron chi connectivity index (χ2n) is 4.63. The van der Waals surface area contributed by atoms with Gasteiger partial charge in [-0.05, 0) is 31.5 Å². The highest BCUT2D eigenvalue weighted by molar-refractivity contribution is 5.98. The van der Waals surface area contributed by atoms with Crippen LogP contribution in [0.25, 0.3) is 0 Å². The summed E-state index contributed by atoms with van der Waals surface area (Å²) in [7, 11) is 0. The van der Waals surface area contributed by atoms with Crippen LogP contribution in [0.15, 0.2) is 18.2 Å². The first-order valence-electron chi connectivity index (χ1n) is 5.95. The number of hydrogen-bond acceptors (Lipinski definition) is 3. The van der Waals surface area contributed by atoms with E-state index >= 15 is 0 Å². The molecule has 6 heteroatoms. The summed E-state index contributed by atoms with van der Waals surface area (Å²) in [5.41, 5.74) is 9.97. The van der Waals surface area contributed by atoms with Crippen molar-refractivity contribution in [2.75, 3.05) is 11.9 Å². The Balaban J connectivity index is 2.98. The molecule has 0 radical (unpaired) electrons. The molecule has 0 spiro atoms. The van der Waals surface area contributed by atoms with E-state index in [1.165, 1.54) is 12.1 Å². The third kappa shape index (κ3) is 3.29. The minimum Gasteiger partial charge on any atom is -0.366 e. The van der Waals surface area contributed by atoms with E-state index in [1.54, 1.807) is 6.92 Å².